The van der Waals surface area contributed by atoms with Gasteiger partial charge in [0, 0.05) is 0 Å². The van der Waals surface area contributed by atoms with Crippen molar-refractivity contribution in [2.75, 3.05) is 26.7 Å². The van der Waals surface area contributed by atoms with Crippen LogP contribution >= 0.6 is 23.5 Å². The van der Waals surface area contributed by atoms with Gasteiger partial charge in [-0.2, -0.15) is 0 Å². The minimum atomic E-state index is -0.407. The molecule has 0 spiro atoms. The van der Waals surface area contributed by atoms with E-state index in [1.807, 2.05) is 12.5 Å². The fraction of sp³-hybridized carbons (Fsp3) is 0.800. The third-order valence-electron chi connectivity index (χ3n) is 3.03. The predicted molar refractivity (Wildman–Crippen MR) is 65.4 cm³/mol. The summed E-state index contributed by atoms with van der Waals surface area (Å²) in [6.45, 7) is 0. The molecule has 0 aliphatic heterocycles. The van der Waals surface area contributed by atoms with E-state index >= 15 is 0 Å². The Morgan fingerprint density at radius 3 is 2.00 bits per heavy atom. The fourth-order valence-electron chi connectivity index (χ4n) is 2.04. The number of carbonyl (C=O) groups is 2. The van der Waals surface area contributed by atoms with Gasteiger partial charge in [-0.15, -0.1) is 23.5 Å². The maximum absolute atomic E-state index is 11.7. The van der Waals surface area contributed by atoms with Crippen LogP contribution in [0.3, 0.4) is 0 Å². The molecule has 92 valence electrons. The van der Waals surface area contributed by atoms with E-state index in [1.54, 1.807) is 23.5 Å². The fourth-order valence-corrected chi connectivity index (χ4v) is 4.43. The zero-order valence-electron chi connectivity index (χ0n) is 9.81. The number of ether oxygens (including phenoxy) is 2. The number of methoxy groups -OCH3 is 2. The molecule has 1 aliphatic carbocycles. The number of thioether (sulfide) groups is 2. The first kappa shape index (κ1) is 13.7. The molecule has 0 aromatic carbocycles. The number of hydrogen-bond acceptors (Lipinski definition) is 6. The first-order valence-corrected chi connectivity index (χ1v) is 7.27. The Labute approximate surface area is 104 Å². The topological polar surface area (TPSA) is 52.6 Å². The van der Waals surface area contributed by atoms with Crippen molar-refractivity contribution in [3.05, 3.63) is 0 Å². The van der Waals surface area contributed by atoms with E-state index < -0.39 is 5.92 Å². The van der Waals surface area contributed by atoms with Gasteiger partial charge in [-0.1, -0.05) is 0 Å². The maximum Gasteiger partial charge on any atom is 0.311 e. The van der Waals surface area contributed by atoms with Crippen LogP contribution < -0.4 is 0 Å². The van der Waals surface area contributed by atoms with Crippen LogP contribution in [0.1, 0.15) is 6.42 Å². The summed E-state index contributed by atoms with van der Waals surface area (Å²) in [5.74, 6) is -1.42. The number of rotatable bonds is 4. The summed E-state index contributed by atoms with van der Waals surface area (Å²) >= 11 is 3.19. The Hall–Kier alpha value is -0.360. The molecule has 0 saturated heterocycles. The zero-order valence-corrected chi connectivity index (χ0v) is 11.4. The van der Waals surface area contributed by atoms with Gasteiger partial charge in [-0.25, -0.2) is 0 Å². The Kier molecular flexibility index (Phi) is 4.55. The van der Waals surface area contributed by atoms with Crippen molar-refractivity contribution in [3.8, 4) is 0 Å². The smallest absolute Gasteiger partial charge is 0.311 e. The zero-order chi connectivity index (χ0) is 12.3. The van der Waals surface area contributed by atoms with Crippen LogP contribution in [0.15, 0.2) is 0 Å². The van der Waals surface area contributed by atoms with E-state index in [9.17, 15) is 9.59 Å². The lowest BCUT2D eigenvalue weighted by atomic mass is 9.72. The maximum atomic E-state index is 11.7. The standard InChI is InChI=1S/C10H16O4S2/c1-13-8(11)6-5-10(15-3,16-4)7(6)9(12)14-2/h6-7H,5H2,1-4H3/t6-,7-/m0/s1. The molecule has 16 heavy (non-hydrogen) atoms. The number of esters is 2. The highest BCUT2D eigenvalue weighted by Gasteiger charge is 2.61. The van der Waals surface area contributed by atoms with Gasteiger partial charge in [0.1, 0.15) is 0 Å². The van der Waals surface area contributed by atoms with Crippen LogP contribution in [-0.4, -0.2) is 42.7 Å². The molecule has 1 fully saturated rings. The molecule has 2 atom stereocenters. The third-order valence-corrected chi connectivity index (χ3v) is 6.25. The molecule has 0 bridgehead atoms. The van der Waals surface area contributed by atoms with E-state index in [2.05, 4.69) is 0 Å². The summed E-state index contributed by atoms with van der Waals surface area (Å²) in [5.41, 5.74) is 0. The van der Waals surface area contributed by atoms with Gasteiger partial charge in [0.05, 0.1) is 30.1 Å². The Bertz CT molecular complexity index is 289. The molecule has 0 amide bonds. The van der Waals surface area contributed by atoms with Crippen molar-refractivity contribution in [2.45, 2.75) is 10.5 Å². The van der Waals surface area contributed by atoms with Crippen molar-refractivity contribution < 1.29 is 19.1 Å². The van der Waals surface area contributed by atoms with Crippen LogP contribution in [-0.2, 0) is 19.1 Å². The van der Waals surface area contributed by atoms with E-state index in [0.717, 1.165) is 0 Å². The van der Waals surface area contributed by atoms with E-state index in [-0.39, 0.29) is 21.9 Å². The number of hydrogen-bond donors (Lipinski definition) is 0. The highest BCUT2D eigenvalue weighted by molar-refractivity contribution is 8.17. The summed E-state index contributed by atoms with van der Waals surface area (Å²) < 4.78 is 9.22. The lowest BCUT2D eigenvalue weighted by Crippen LogP contribution is -2.56. The molecule has 6 heteroatoms. The van der Waals surface area contributed by atoms with Gasteiger partial charge < -0.3 is 9.47 Å². The SMILES string of the molecule is COC(=O)[C@H]1CC(SC)(SC)[C@@H]1C(=O)OC. The Morgan fingerprint density at radius 1 is 1.12 bits per heavy atom. The van der Waals surface area contributed by atoms with Crippen molar-refractivity contribution >= 4 is 35.5 Å². The van der Waals surface area contributed by atoms with Crippen molar-refractivity contribution in [1.82, 2.24) is 0 Å². The molecule has 0 aromatic heterocycles. The third kappa shape index (κ3) is 2.05. The molecule has 0 N–H and O–H groups in total. The summed E-state index contributed by atoms with van der Waals surface area (Å²) in [6, 6.07) is 0. The molecular weight excluding hydrogens is 248 g/mol. The van der Waals surface area contributed by atoms with E-state index in [4.69, 9.17) is 9.47 Å². The van der Waals surface area contributed by atoms with Gasteiger partial charge in [-0.3, -0.25) is 9.59 Å². The molecule has 4 nitrogen and oxygen atoms in total. The van der Waals surface area contributed by atoms with Gasteiger partial charge in [0.15, 0.2) is 0 Å². The summed E-state index contributed by atoms with van der Waals surface area (Å²) in [6.07, 6.45) is 4.54. The average molecular weight is 264 g/mol. The van der Waals surface area contributed by atoms with Crippen LogP contribution in [0.2, 0.25) is 0 Å². The van der Waals surface area contributed by atoms with Crippen molar-refractivity contribution in [3.63, 3.8) is 0 Å². The molecule has 0 heterocycles. The predicted octanol–water partition coefficient (Wildman–Crippen LogP) is 1.39. The van der Waals surface area contributed by atoms with Crippen LogP contribution in [0.4, 0.5) is 0 Å². The Morgan fingerprint density at radius 2 is 1.62 bits per heavy atom. The van der Waals surface area contributed by atoms with Gasteiger partial charge in [0.25, 0.3) is 0 Å². The Balaban J connectivity index is 2.88. The van der Waals surface area contributed by atoms with Crippen LogP contribution in [0.5, 0.6) is 0 Å². The molecule has 1 aliphatic rings. The number of carbonyl (C=O) groups excluding carboxylic acids is 2. The van der Waals surface area contributed by atoms with Crippen molar-refractivity contribution in [2.24, 2.45) is 11.8 Å². The van der Waals surface area contributed by atoms with Gasteiger partial charge in [-0.05, 0) is 18.9 Å². The van der Waals surface area contributed by atoms with Crippen LogP contribution in [0, 0.1) is 11.8 Å². The van der Waals surface area contributed by atoms with Gasteiger partial charge in [0.2, 0.25) is 0 Å². The minimum Gasteiger partial charge on any atom is -0.469 e. The van der Waals surface area contributed by atoms with Crippen molar-refractivity contribution in [1.29, 1.82) is 0 Å². The van der Waals surface area contributed by atoms with Crippen LogP contribution in [0.25, 0.3) is 0 Å². The monoisotopic (exact) mass is 264 g/mol. The first-order valence-electron chi connectivity index (χ1n) is 4.82. The minimum absolute atomic E-state index is 0.244. The summed E-state index contributed by atoms with van der Waals surface area (Å²) in [7, 11) is 2.69. The first-order chi connectivity index (χ1) is 7.56. The van der Waals surface area contributed by atoms with E-state index in [0.29, 0.717) is 6.42 Å². The lowest BCUT2D eigenvalue weighted by Gasteiger charge is -2.49. The summed E-state index contributed by atoms with van der Waals surface area (Å²) in [4.78, 5) is 23.2. The largest absolute Gasteiger partial charge is 0.469 e. The molecule has 0 radical (unpaired) electrons. The quantitative estimate of drug-likeness (QED) is 0.565. The second-order valence-electron chi connectivity index (χ2n) is 3.55. The molecular formula is C10H16O4S2. The highest BCUT2D eigenvalue weighted by atomic mass is 32.2. The van der Waals surface area contributed by atoms with Gasteiger partial charge >= 0.3 is 11.9 Å². The second kappa shape index (κ2) is 5.31. The molecule has 1 saturated carbocycles. The second-order valence-corrected chi connectivity index (χ2v) is 6.09. The lowest BCUT2D eigenvalue weighted by molar-refractivity contribution is -0.164. The molecule has 0 aromatic rings. The van der Waals surface area contributed by atoms with E-state index in [1.165, 1.54) is 14.2 Å². The molecule has 1 rings (SSSR count). The highest BCUT2D eigenvalue weighted by Crippen LogP contribution is 2.58. The summed E-state index contributed by atoms with van der Waals surface area (Å²) in [5, 5.41) is 0. The molecule has 0 unspecified atom stereocenters. The average Bonchev–Trinajstić information content (AvgIpc) is 2.28. The normalized spacial score (nSPS) is 26.8.